The number of hydrogen-bond acceptors (Lipinski definition) is 7. The third kappa shape index (κ3) is 8.27. The highest BCUT2D eigenvalue weighted by Gasteiger charge is 2.36. The summed E-state index contributed by atoms with van der Waals surface area (Å²) in [4.78, 5) is 29.2. The highest BCUT2D eigenvalue weighted by atomic mass is 35.5. The monoisotopic (exact) mass is 733 g/mol. The molecule has 0 saturated heterocycles. The molecule has 0 fully saturated rings. The molecule has 0 aliphatic rings. The summed E-state index contributed by atoms with van der Waals surface area (Å²) in [6.07, 6.45) is 0.108. The van der Waals surface area contributed by atoms with Crippen LogP contribution >= 0.6 is 34.8 Å². The summed E-state index contributed by atoms with van der Waals surface area (Å²) >= 11 is 19.4. The molecule has 14 heteroatoms. The first-order valence-corrected chi connectivity index (χ1v) is 17.1. The molecule has 254 valence electrons. The standard InChI is InChI=1S/C34H34Cl3N3O7S/c1-38-34(42)29(17-22-9-6-5-7-10-22)39(20-25-26(36)11-8-12-27(25)37)33(41)21-40(28-18-23(35)13-15-30(28)45-2)48(43,44)24-14-16-31(46-3)32(19-24)47-4/h5-16,18-19,29H,17,20-21H2,1-4H3,(H,38,42)/t29-/m1/s1. The minimum Gasteiger partial charge on any atom is -0.495 e. The predicted molar refractivity (Wildman–Crippen MR) is 187 cm³/mol. The molecule has 0 aliphatic heterocycles. The molecule has 0 heterocycles. The molecule has 4 aromatic rings. The van der Waals surface area contributed by atoms with Gasteiger partial charge < -0.3 is 24.4 Å². The van der Waals surface area contributed by atoms with Crippen molar-refractivity contribution in [2.24, 2.45) is 0 Å². The second-order valence-electron chi connectivity index (χ2n) is 10.4. The zero-order valence-corrected chi connectivity index (χ0v) is 29.7. The zero-order valence-electron chi connectivity index (χ0n) is 26.6. The van der Waals surface area contributed by atoms with Crippen molar-refractivity contribution < 1.29 is 32.2 Å². The van der Waals surface area contributed by atoms with Crippen LogP contribution < -0.4 is 23.8 Å². The van der Waals surface area contributed by atoms with Gasteiger partial charge >= 0.3 is 0 Å². The summed E-state index contributed by atoms with van der Waals surface area (Å²) in [5.41, 5.74) is 1.13. The predicted octanol–water partition coefficient (Wildman–Crippen LogP) is 6.25. The maximum absolute atomic E-state index is 14.6. The number of carbonyl (C=O) groups is 2. The van der Waals surface area contributed by atoms with Gasteiger partial charge in [-0.2, -0.15) is 0 Å². The fourth-order valence-corrected chi connectivity index (χ4v) is 7.17. The number of halogens is 3. The van der Waals surface area contributed by atoms with Crippen molar-refractivity contribution in [3.63, 3.8) is 0 Å². The van der Waals surface area contributed by atoms with Crippen molar-refractivity contribution in [3.8, 4) is 17.2 Å². The Labute approximate surface area is 295 Å². The van der Waals surface area contributed by atoms with E-state index >= 15 is 0 Å². The number of anilines is 1. The van der Waals surface area contributed by atoms with Crippen molar-refractivity contribution in [3.05, 3.63) is 111 Å². The van der Waals surface area contributed by atoms with Crippen LogP contribution in [0, 0.1) is 0 Å². The van der Waals surface area contributed by atoms with E-state index in [-0.39, 0.29) is 50.1 Å². The van der Waals surface area contributed by atoms with E-state index < -0.39 is 34.4 Å². The molecule has 1 atom stereocenters. The topological polar surface area (TPSA) is 114 Å². The molecule has 0 aromatic heterocycles. The van der Waals surface area contributed by atoms with E-state index in [4.69, 9.17) is 49.0 Å². The van der Waals surface area contributed by atoms with Gasteiger partial charge in [-0.3, -0.25) is 13.9 Å². The Balaban J connectivity index is 1.90. The molecule has 0 unspecified atom stereocenters. The Morgan fingerprint density at radius 1 is 0.792 bits per heavy atom. The highest BCUT2D eigenvalue weighted by Crippen LogP contribution is 2.37. The Kier molecular flexibility index (Phi) is 12.4. The van der Waals surface area contributed by atoms with Gasteiger partial charge in [0.25, 0.3) is 10.0 Å². The molecule has 10 nitrogen and oxygen atoms in total. The number of nitrogens with one attached hydrogen (secondary N) is 1. The lowest BCUT2D eigenvalue weighted by Gasteiger charge is -2.34. The van der Waals surface area contributed by atoms with E-state index in [1.165, 1.54) is 69.7 Å². The van der Waals surface area contributed by atoms with E-state index in [2.05, 4.69) is 5.32 Å². The fraction of sp³-hybridized carbons (Fsp3) is 0.235. The normalized spacial score (nSPS) is 11.7. The first-order valence-electron chi connectivity index (χ1n) is 14.5. The smallest absolute Gasteiger partial charge is 0.265 e. The summed E-state index contributed by atoms with van der Waals surface area (Å²) in [6, 6.07) is 21.3. The molecule has 0 saturated carbocycles. The molecule has 48 heavy (non-hydrogen) atoms. The van der Waals surface area contributed by atoms with Gasteiger partial charge in [0.15, 0.2) is 11.5 Å². The number of ether oxygens (including phenoxy) is 3. The molecular formula is C34H34Cl3N3O7S. The van der Waals surface area contributed by atoms with E-state index in [0.29, 0.717) is 11.3 Å². The summed E-state index contributed by atoms with van der Waals surface area (Å²) in [5.74, 6) is -0.632. The molecule has 0 spiro atoms. The Bertz CT molecular complexity index is 1860. The van der Waals surface area contributed by atoms with Crippen LogP contribution in [0.25, 0.3) is 0 Å². The fourth-order valence-electron chi connectivity index (χ4n) is 5.05. The van der Waals surface area contributed by atoms with E-state index in [1.54, 1.807) is 18.2 Å². The average Bonchev–Trinajstić information content (AvgIpc) is 3.09. The van der Waals surface area contributed by atoms with E-state index in [0.717, 1.165) is 9.87 Å². The lowest BCUT2D eigenvalue weighted by molar-refractivity contribution is -0.139. The molecular weight excluding hydrogens is 701 g/mol. The first-order chi connectivity index (χ1) is 22.9. The third-order valence-electron chi connectivity index (χ3n) is 7.54. The quantitative estimate of drug-likeness (QED) is 0.163. The Morgan fingerprint density at radius 3 is 2.02 bits per heavy atom. The van der Waals surface area contributed by atoms with Gasteiger partial charge in [-0.05, 0) is 48.0 Å². The highest BCUT2D eigenvalue weighted by molar-refractivity contribution is 7.92. The van der Waals surface area contributed by atoms with Crippen molar-refractivity contribution in [2.75, 3.05) is 39.2 Å². The second kappa shape index (κ2) is 16.3. The largest absolute Gasteiger partial charge is 0.495 e. The van der Waals surface area contributed by atoms with Crippen molar-refractivity contribution in [1.29, 1.82) is 0 Å². The van der Waals surface area contributed by atoms with Gasteiger partial charge in [-0.15, -0.1) is 0 Å². The number of benzene rings is 4. The molecule has 4 aromatic carbocycles. The number of nitrogens with zero attached hydrogens (tertiary/aromatic N) is 2. The SMILES string of the molecule is CNC(=O)[C@@H](Cc1ccccc1)N(Cc1c(Cl)cccc1Cl)C(=O)CN(c1cc(Cl)ccc1OC)S(=O)(=O)c1ccc(OC)c(OC)c1. The third-order valence-corrected chi connectivity index (χ3v) is 10.2. The zero-order chi connectivity index (χ0) is 35.0. The maximum atomic E-state index is 14.6. The molecule has 2 amide bonds. The van der Waals surface area contributed by atoms with Gasteiger partial charge in [0.2, 0.25) is 11.8 Å². The number of amides is 2. The van der Waals surface area contributed by atoms with Crippen LogP contribution in [-0.2, 0) is 32.6 Å². The molecule has 0 bridgehead atoms. The lowest BCUT2D eigenvalue weighted by atomic mass is 10.0. The average molecular weight is 735 g/mol. The maximum Gasteiger partial charge on any atom is 0.265 e. The van der Waals surface area contributed by atoms with Crippen LogP contribution in [0.5, 0.6) is 17.2 Å². The number of carbonyl (C=O) groups excluding carboxylic acids is 2. The molecule has 1 N–H and O–H groups in total. The minimum atomic E-state index is -4.53. The van der Waals surface area contributed by atoms with Crippen molar-refractivity contribution in [2.45, 2.75) is 23.9 Å². The van der Waals surface area contributed by atoms with Crippen LogP contribution in [0.3, 0.4) is 0 Å². The van der Waals surface area contributed by atoms with Gasteiger partial charge in [0.05, 0.1) is 31.9 Å². The van der Waals surface area contributed by atoms with Crippen LogP contribution in [0.4, 0.5) is 5.69 Å². The van der Waals surface area contributed by atoms with Gasteiger partial charge in [0, 0.05) is 46.7 Å². The van der Waals surface area contributed by atoms with Gasteiger partial charge in [-0.1, -0.05) is 71.2 Å². The summed E-state index contributed by atoms with van der Waals surface area (Å²) in [5, 5.41) is 3.36. The van der Waals surface area contributed by atoms with Gasteiger partial charge in [-0.25, -0.2) is 8.42 Å². The molecule has 4 rings (SSSR count). The van der Waals surface area contributed by atoms with Crippen molar-refractivity contribution in [1.82, 2.24) is 10.2 Å². The number of sulfonamides is 1. The van der Waals surface area contributed by atoms with E-state index in [1.807, 2.05) is 30.3 Å². The van der Waals surface area contributed by atoms with Crippen LogP contribution in [-0.4, -0.2) is 66.1 Å². The summed E-state index contributed by atoms with van der Waals surface area (Å²) in [7, 11) is 1.08. The van der Waals surface area contributed by atoms with E-state index in [9.17, 15) is 18.0 Å². The van der Waals surface area contributed by atoms with Gasteiger partial charge in [0.1, 0.15) is 18.3 Å². The summed E-state index contributed by atoms with van der Waals surface area (Å²) in [6.45, 7) is -0.975. The minimum absolute atomic E-state index is 0.0107. The Hall–Kier alpha value is -4.16. The second-order valence-corrected chi connectivity index (χ2v) is 13.5. The Morgan fingerprint density at radius 2 is 1.42 bits per heavy atom. The number of likely N-dealkylation sites (N-methyl/N-ethyl adjacent to an activating group) is 1. The summed E-state index contributed by atoms with van der Waals surface area (Å²) < 4.78 is 46.0. The number of rotatable bonds is 14. The molecule has 0 radical (unpaired) electrons. The number of methoxy groups -OCH3 is 3. The van der Waals surface area contributed by atoms with Crippen LogP contribution in [0.2, 0.25) is 15.1 Å². The first kappa shape index (κ1) is 36.7. The van der Waals surface area contributed by atoms with Crippen molar-refractivity contribution >= 4 is 62.3 Å². The van der Waals surface area contributed by atoms with Crippen LogP contribution in [0.15, 0.2) is 89.8 Å². The number of hydrogen-bond donors (Lipinski definition) is 1. The lowest BCUT2D eigenvalue weighted by Crippen LogP contribution is -2.53. The van der Waals surface area contributed by atoms with Crippen LogP contribution in [0.1, 0.15) is 11.1 Å². The molecule has 0 aliphatic carbocycles.